The molecular weight excluding hydrogens is 358 g/mol. The summed E-state index contributed by atoms with van der Waals surface area (Å²) in [7, 11) is 0. The van der Waals surface area contributed by atoms with Crippen molar-refractivity contribution in [3.63, 3.8) is 0 Å². The molecule has 1 atom stereocenters. The fourth-order valence-electron chi connectivity index (χ4n) is 3.91. The lowest BCUT2D eigenvalue weighted by Crippen LogP contribution is -2.59. The Morgan fingerprint density at radius 3 is 2.26 bits per heavy atom. The van der Waals surface area contributed by atoms with E-state index < -0.39 is 34.8 Å². The molecule has 1 aromatic carbocycles. The first-order valence-electron chi connectivity index (χ1n) is 8.99. The second-order valence-corrected chi connectivity index (χ2v) is 8.04. The Morgan fingerprint density at radius 1 is 1.11 bits per heavy atom. The fourth-order valence-corrected chi connectivity index (χ4v) is 3.91. The van der Waals surface area contributed by atoms with Gasteiger partial charge >= 0.3 is 12.1 Å². The van der Waals surface area contributed by atoms with Crippen LogP contribution in [0.3, 0.4) is 0 Å². The summed E-state index contributed by atoms with van der Waals surface area (Å²) in [5.74, 6) is -3.10. The number of amides is 1. The Kier molecular flexibility index (Phi) is 4.88. The monoisotopic (exact) mass is 382 g/mol. The molecule has 3 rings (SSSR count). The quantitative estimate of drug-likeness (QED) is 0.852. The Balaban J connectivity index is 1.81. The van der Waals surface area contributed by atoms with Crippen LogP contribution >= 0.6 is 0 Å². The second-order valence-electron chi connectivity index (χ2n) is 8.04. The van der Waals surface area contributed by atoms with Crippen LogP contribution in [-0.4, -0.2) is 58.7 Å². The molecule has 148 valence electrons. The van der Waals surface area contributed by atoms with Crippen molar-refractivity contribution in [2.45, 2.75) is 44.8 Å². The number of nitrogens with zero attached hydrogens (tertiary/aromatic N) is 2. The van der Waals surface area contributed by atoms with E-state index in [9.17, 15) is 23.5 Å². The van der Waals surface area contributed by atoms with Gasteiger partial charge in [-0.25, -0.2) is 18.4 Å². The molecule has 1 aliphatic carbocycles. The van der Waals surface area contributed by atoms with Crippen molar-refractivity contribution >= 4 is 12.1 Å². The number of carboxylic acid groups (broad SMARTS) is 1. The largest absolute Gasteiger partial charge is 0.480 e. The van der Waals surface area contributed by atoms with Gasteiger partial charge in [-0.2, -0.15) is 0 Å². The number of benzene rings is 1. The first kappa shape index (κ1) is 19.5. The molecule has 1 aliphatic heterocycles. The third kappa shape index (κ3) is 3.50. The van der Waals surface area contributed by atoms with Crippen LogP contribution in [0.2, 0.25) is 0 Å². The first-order chi connectivity index (χ1) is 12.5. The van der Waals surface area contributed by atoms with Gasteiger partial charge in [0.15, 0.2) is 11.6 Å². The number of rotatable bonds is 2. The summed E-state index contributed by atoms with van der Waals surface area (Å²) >= 11 is 0. The van der Waals surface area contributed by atoms with Crippen LogP contribution in [0.25, 0.3) is 0 Å². The molecule has 27 heavy (non-hydrogen) atoms. The molecular formula is C19H24F2N2O4. The minimum absolute atomic E-state index is 0.243. The van der Waals surface area contributed by atoms with Crippen LogP contribution in [0, 0.1) is 11.6 Å². The zero-order valence-electron chi connectivity index (χ0n) is 15.7. The number of fused-ring (bicyclic) bond motifs is 1. The zero-order chi connectivity index (χ0) is 20.0. The number of piperazine rings is 1. The van der Waals surface area contributed by atoms with Crippen LogP contribution in [-0.2, 0) is 21.5 Å². The predicted octanol–water partition coefficient (Wildman–Crippen LogP) is 2.74. The average Bonchev–Trinajstić information content (AvgIpc) is 2.93. The topological polar surface area (TPSA) is 70.1 Å². The lowest BCUT2D eigenvalue weighted by Gasteiger charge is -2.43. The highest BCUT2D eigenvalue weighted by atomic mass is 19.2. The van der Waals surface area contributed by atoms with Crippen LogP contribution in [0.1, 0.15) is 38.3 Å². The molecule has 0 aromatic heterocycles. The number of ether oxygens (including phenoxy) is 1. The van der Waals surface area contributed by atoms with E-state index in [0.29, 0.717) is 43.7 Å². The van der Waals surface area contributed by atoms with Crippen LogP contribution < -0.4 is 0 Å². The van der Waals surface area contributed by atoms with Gasteiger partial charge in [-0.1, -0.05) is 0 Å². The van der Waals surface area contributed by atoms with Gasteiger partial charge in [-0.3, -0.25) is 4.90 Å². The molecule has 0 saturated carbocycles. The second kappa shape index (κ2) is 6.74. The number of carboxylic acids is 1. The maximum absolute atomic E-state index is 13.8. The Labute approximate surface area is 156 Å². The van der Waals surface area contributed by atoms with Gasteiger partial charge in [0.2, 0.25) is 0 Å². The minimum atomic E-state index is -1.40. The number of hydrogen-bond acceptors (Lipinski definition) is 4. The molecule has 0 radical (unpaired) electrons. The van der Waals surface area contributed by atoms with E-state index in [1.54, 1.807) is 30.6 Å². The maximum atomic E-state index is 13.8. The van der Waals surface area contributed by atoms with Crippen molar-refractivity contribution in [2.24, 2.45) is 0 Å². The number of carbonyl (C=O) groups is 2. The van der Waals surface area contributed by atoms with Crippen LogP contribution in [0.5, 0.6) is 0 Å². The molecule has 0 unspecified atom stereocenters. The lowest BCUT2D eigenvalue weighted by atomic mass is 9.88. The number of aliphatic carboxylic acids is 1. The molecule has 2 aliphatic rings. The molecule has 1 N–H and O–H groups in total. The molecule has 1 heterocycles. The van der Waals surface area contributed by atoms with Crippen molar-refractivity contribution in [3.05, 3.63) is 34.9 Å². The Hall–Kier alpha value is -2.22. The summed E-state index contributed by atoms with van der Waals surface area (Å²) < 4.78 is 32.7. The van der Waals surface area contributed by atoms with Gasteiger partial charge in [0.25, 0.3) is 0 Å². The van der Waals surface area contributed by atoms with Gasteiger partial charge in [-0.15, -0.1) is 0 Å². The van der Waals surface area contributed by atoms with Crippen molar-refractivity contribution in [1.29, 1.82) is 0 Å². The maximum Gasteiger partial charge on any atom is 0.410 e. The number of halogens is 2. The van der Waals surface area contributed by atoms with Gasteiger partial charge in [0.1, 0.15) is 11.1 Å². The van der Waals surface area contributed by atoms with E-state index in [1.807, 2.05) is 0 Å². The highest BCUT2D eigenvalue weighted by Crippen LogP contribution is 2.43. The van der Waals surface area contributed by atoms with E-state index in [0.717, 1.165) is 12.1 Å². The summed E-state index contributed by atoms with van der Waals surface area (Å²) in [6, 6.07) is 2.10. The van der Waals surface area contributed by atoms with Crippen molar-refractivity contribution in [1.82, 2.24) is 9.80 Å². The molecule has 1 fully saturated rings. The van der Waals surface area contributed by atoms with Gasteiger partial charge in [-0.05, 0) is 56.9 Å². The van der Waals surface area contributed by atoms with Crippen molar-refractivity contribution in [2.75, 3.05) is 26.2 Å². The molecule has 1 saturated heterocycles. The molecule has 0 spiro atoms. The zero-order valence-corrected chi connectivity index (χ0v) is 15.7. The van der Waals surface area contributed by atoms with E-state index in [2.05, 4.69) is 0 Å². The summed E-state index contributed by atoms with van der Waals surface area (Å²) in [5.41, 5.74) is -1.18. The summed E-state index contributed by atoms with van der Waals surface area (Å²) in [5, 5.41) is 9.99. The highest BCUT2D eigenvalue weighted by Gasteiger charge is 2.51. The standard InChI is InChI=1S/C19H24F2N2O4/c1-18(2,3)27-17(26)22-6-8-23(9-7-22)19(16(24)25)5-4-12-10-14(20)15(21)11-13(12)19/h10-11H,4-9H2,1-3H3,(H,24,25)/t19-/m1/s1. The van der Waals surface area contributed by atoms with E-state index >= 15 is 0 Å². The molecule has 8 heteroatoms. The van der Waals surface area contributed by atoms with Gasteiger partial charge < -0.3 is 14.7 Å². The van der Waals surface area contributed by atoms with E-state index in [1.165, 1.54) is 0 Å². The third-order valence-electron chi connectivity index (χ3n) is 5.17. The highest BCUT2D eigenvalue weighted by molar-refractivity contribution is 5.83. The first-order valence-corrected chi connectivity index (χ1v) is 8.99. The van der Waals surface area contributed by atoms with Gasteiger partial charge in [0.05, 0.1) is 0 Å². The fraction of sp³-hybridized carbons (Fsp3) is 0.579. The molecule has 1 amide bonds. The lowest BCUT2D eigenvalue weighted by molar-refractivity contribution is -0.154. The van der Waals surface area contributed by atoms with Crippen molar-refractivity contribution < 1.29 is 28.2 Å². The van der Waals surface area contributed by atoms with Crippen LogP contribution in [0.15, 0.2) is 12.1 Å². The van der Waals surface area contributed by atoms with Gasteiger partial charge in [0, 0.05) is 26.2 Å². The molecule has 6 nitrogen and oxygen atoms in total. The van der Waals surface area contributed by atoms with E-state index in [-0.39, 0.29) is 6.42 Å². The summed E-state index contributed by atoms with van der Waals surface area (Å²) in [6.07, 6.45) is 0.171. The average molecular weight is 382 g/mol. The normalized spacial score (nSPS) is 23.2. The number of aryl methyl sites for hydroxylation is 1. The molecule has 1 aromatic rings. The third-order valence-corrected chi connectivity index (χ3v) is 5.17. The summed E-state index contributed by atoms with van der Waals surface area (Å²) in [6.45, 7) is 6.58. The molecule has 0 bridgehead atoms. The minimum Gasteiger partial charge on any atom is -0.480 e. The predicted molar refractivity (Wildman–Crippen MR) is 93.4 cm³/mol. The van der Waals surface area contributed by atoms with Crippen molar-refractivity contribution in [3.8, 4) is 0 Å². The smallest absolute Gasteiger partial charge is 0.410 e. The SMILES string of the molecule is CC(C)(C)OC(=O)N1CCN([C@]2(C(=O)O)CCc3cc(F)c(F)cc32)CC1. The van der Waals surface area contributed by atoms with Crippen LogP contribution in [0.4, 0.5) is 13.6 Å². The van der Waals surface area contributed by atoms with E-state index in [4.69, 9.17) is 4.74 Å². The number of carbonyl (C=O) groups excluding carboxylic acids is 1. The Morgan fingerprint density at radius 2 is 1.70 bits per heavy atom. The number of hydrogen-bond donors (Lipinski definition) is 1. The Bertz CT molecular complexity index is 770. The summed E-state index contributed by atoms with van der Waals surface area (Å²) in [4.78, 5) is 27.7.